The minimum absolute atomic E-state index is 0.110. The maximum Gasteiger partial charge on any atom is 0.416 e. The number of oxazole rings is 1. The van der Waals surface area contributed by atoms with Gasteiger partial charge in [-0.2, -0.15) is 18.4 Å². The fourth-order valence-electron chi connectivity index (χ4n) is 3.50. The molecule has 1 aromatic heterocycles. The van der Waals surface area contributed by atoms with Crippen LogP contribution in [0, 0.1) is 11.3 Å². The molecule has 8 heteroatoms. The van der Waals surface area contributed by atoms with Gasteiger partial charge in [-0.1, -0.05) is 42.5 Å². The first kappa shape index (κ1) is 22.1. The van der Waals surface area contributed by atoms with Gasteiger partial charge in [0, 0.05) is 24.1 Å². The third-order valence-electron chi connectivity index (χ3n) is 5.03. The van der Waals surface area contributed by atoms with Crippen LogP contribution in [0.15, 0.2) is 71.1 Å². The predicted molar refractivity (Wildman–Crippen MR) is 116 cm³/mol. The van der Waals surface area contributed by atoms with Gasteiger partial charge in [-0.05, 0) is 35.4 Å². The Balaban J connectivity index is 1.63. The van der Waals surface area contributed by atoms with E-state index in [-0.39, 0.29) is 25.3 Å². The van der Waals surface area contributed by atoms with Crippen molar-refractivity contribution in [2.75, 3.05) is 6.54 Å². The molecule has 1 heterocycles. The van der Waals surface area contributed by atoms with Gasteiger partial charge in [0.25, 0.3) is 5.91 Å². The summed E-state index contributed by atoms with van der Waals surface area (Å²) in [6.07, 6.45) is -4.09. The lowest BCUT2D eigenvalue weighted by molar-refractivity contribution is -0.137. The molecule has 33 heavy (non-hydrogen) atoms. The summed E-state index contributed by atoms with van der Waals surface area (Å²) in [7, 11) is 0. The lowest BCUT2D eigenvalue weighted by Gasteiger charge is -2.07. The third-order valence-corrected chi connectivity index (χ3v) is 5.03. The van der Waals surface area contributed by atoms with Crippen LogP contribution < -0.4 is 5.32 Å². The van der Waals surface area contributed by atoms with Crippen LogP contribution in [0.2, 0.25) is 0 Å². The van der Waals surface area contributed by atoms with Gasteiger partial charge in [-0.15, -0.1) is 0 Å². The maximum absolute atomic E-state index is 13.0. The lowest BCUT2D eigenvalue weighted by Crippen LogP contribution is -2.24. The first-order chi connectivity index (χ1) is 15.8. The molecule has 0 spiro atoms. The van der Waals surface area contributed by atoms with Crippen molar-refractivity contribution in [2.45, 2.75) is 19.0 Å². The number of benzene rings is 3. The van der Waals surface area contributed by atoms with Crippen molar-refractivity contribution in [2.24, 2.45) is 0 Å². The molecular formula is C25H18F3N3O2. The number of alkyl halides is 3. The molecular weight excluding hydrogens is 431 g/mol. The number of halogens is 3. The number of carbonyl (C=O) groups excluding carboxylic acids is 1. The first-order valence-electron chi connectivity index (χ1n) is 10.2. The molecule has 0 fully saturated rings. The van der Waals surface area contributed by atoms with E-state index in [2.05, 4.69) is 10.3 Å². The van der Waals surface area contributed by atoms with Crippen molar-refractivity contribution < 1.29 is 22.4 Å². The number of para-hydroxylation sites is 1. The van der Waals surface area contributed by atoms with Gasteiger partial charge >= 0.3 is 6.18 Å². The molecule has 4 aromatic rings. The highest BCUT2D eigenvalue weighted by atomic mass is 19.4. The van der Waals surface area contributed by atoms with Crippen LogP contribution in [0.25, 0.3) is 22.2 Å². The van der Waals surface area contributed by atoms with E-state index in [4.69, 9.17) is 9.68 Å². The Morgan fingerprint density at radius 3 is 2.64 bits per heavy atom. The van der Waals surface area contributed by atoms with Crippen LogP contribution in [0.3, 0.4) is 0 Å². The summed E-state index contributed by atoms with van der Waals surface area (Å²) < 4.78 is 44.8. The largest absolute Gasteiger partial charge is 0.440 e. The Morgan fingerprint density at radius 2 is 1.85 bits per heavy atom. The van der Waals surface area contributed by atoms with E-state index in [9.17, 15) is 18.0 Å². The molecule has 0 unspecified atom stereocenters. The van der Waals surface area contributed by atoms with Crippen LogP contribution in [-0.2, 0) is 12.6 Å². The van der Waals surface area contributed by atoms with Gasteiger partial charge in [-0.3, -0.25) is 4.79 Å². The summed E-state index contributed by atoms with van der Waals surface area (Å²) in [5, 5.41) is 11.3. The number of carbonyl (C=O) groups is 1. The molecule has 5 nitrogen and oxygen atoms in total. The number of rotatable bonds is 6. The fraction of sp³-hybridized carbons (Fsp3) is 0.160. The molecule has 3 aromatic carbocycles. The Morgan fingerprint density at radius 1 is 1.06 bits per heavy atom. The van der Waals surface area contributed by atoms with E-state index in [1.165, 1.54) is 6.07 Å². The molecule has 0 bridgehead atoms. The molecule has 0 aliphatic rings. The van der Waals surface area contributed by atoms with Crippen molar-refractivity contribution in [3.8, 4) is 17.2 Å². The SMILES string of the molecule is N#CCCNC(=O)c1cccc(-c2cccc3oc(Cc4cccc(C(F)(F)F)c4)nc23)c1. The van der Waals surface area contributed by atoms with Crippen LogP contribution in [0.5, 0.6) is 0 Å². The summed E-state index contributed by atoms with van der Waals surface area (Å²) in [5.74, 6) is 0.00633. The summed E-state index contributed by atoms with van der Waals surface area (Å²) in [5.41, 5.74) is 2.69. The molecule has 1 N–H and O–H groups in total. The van der Waals surface area contributed by atoms with E-state index < -0.39 is 11.7 Å². The zero-order valence-electron chi connectivity index (χ0n) is 17.3. The number of aromatic nitrogens is 1. The highest BCUT2D eigenvalue weighted by molar-refractivity contribution is 5.97. The topological polar surface area (TPSA) is 78.9 Å². The van der Waals surface area contributed by atoms with E-state index in [0.29, 0.717) is 28.1 Å². The number of nitrogens with one attached hydrogen (secondary N) is 1. The smallest absolute Gasteiger partial charge is 0.416 e. The minimum atomic E-state index is -4.42. The molecule has 0 saturated heterocycles. The van der Waals surface area contributed by atoms with E-state index in [1.54, 1.807) is 36.4 Å². The predicted octanol–water partition coefficient (Wildman–Crippen LogP) is 5.75. The standard InChI is InChI=1S/C25H18F3N3O2/c26-25(27,28)19-8-1-5-16(13-19)14-22-31-23-20(9-3-10-21(23)33-22)17-6-2-7-18(15-17)24(32)30-12-4-11-29/h1-3,5-10,13,15H,4,12,14H2,(H,30,32). The number of amides is 1. The monoisotopic (exact) mass is 449 g/mol. The van der Waals surface area contributed by atoms with Gasteiger partial charge in [0.05, 0.1) is 18.1 Å². The van der Waals surface area contributed by atoms with Crippen molar-refractivity contribution >= 4 is 17.0 Å². The molecule has 4 rings (SSSR count). The maximum atomic E-state index is 13.0. The first-order valence-corrected chi connectivity index (χ1v) is 10.2. The Kier molecular flexibility index (Phi) is 6.13. The van der Waals surface area contributed by atoms with Gasteiger partial charge in [0.2, 0.25) is 0 Å². The van der Waals surface area contributed by atoms with Gasteiger partial charge in [0.15, 0.2) is 11.5 Å². The van der Waals surface area contributed by atoms with Gasteiger partial charge in [0.1, 0.15) is 5.52 Å². The Bertz CT molecular complexity index is 1350. The molecule has 0 aliphatic carbocycles. The zero-order chi connectivity index (χ0) is 23.4. The lowest BCUT2D eigenvalue weighted by atomic mass is 10.0. The molecule has 0 atom stereocenters. The summed E-state index contributed by atoms with van der Waals surface area (Å²) in [6, 6.07) is 19.4. The third kappa shape index (κ3) is 5.04. The molecule has 166 valence electrons. The normalized spacial score (nSPS) is 11.3. The average molecular weight is 449 g/mol. The fourth-order valence-corrected chi connectivity index (χ4v) is 3.50. The number of nitrogens with zero attached hydrogens (tertiary/aromatic N) is 2. The highest BCUT2D eigenvalue weighted by Gasteiger charge is 2.30. The quantitative estimate of drug-likeness (QED) is 0.380. The van der Waals surface area contributed by atoms with Crippen LogP contribution in [0.1, 0.15) is 33.8 Å². The molecule has 0 radical (unpaired) electrons. The number of hydrogen-bond acceptors (Lipinski definition) is 4. The number of nitriles is 1. The minimum Gasteiger partial charge on any atom is -0.440 e. The van der Waals surface area contributed by atoms with Crippen molar-refractivity contribution in [3.05, 3.63) is 89.3 Å². The Labute approximate surface area is 187 Å². The second kappa shape index (κ2) is 9.17. The summed E-state index contributed by atoms with van der Waals surface area (Å²) in [6.45, 7) is 0.261. The van der Waals surface area contributed by atoms with Gasteiger partial charge < -0.3 is 9.73 Å². The molecule has 1 amide bonds. The molecule has 0 saturated carbocycles. The second-order valence-electron chi connectivity index (χ2n) is 7.38. The average Bonchev–Trinajstić information content (AvgIpc) is 3.21. The summed E-state index contributed by atoms with van der Waals surface area (Å²) >= 11 is 0. The van der Waals surface area contributed by atoms with Crippen LogP contribution in [0.4, 0.5) is 13.2 Å². The van der Waals surface area contributed by atoms with Crippen molar-refractivity contribution in [1.82, 2.24) is 10.3 Å². The Hall–Kier alpha value is -4.12. The number of hydrogen-bond donors (Lipinski definition) is 1. The summed E-state index contributed by atoms with van der Waals surface area (Å²) in [4.78, 5) is 16.9. The molecule has 0 aliphatic heterocycles. The van der Waals surface area contributed by atoms with E-state index in [1.807, 2.05) is 18.2 Å². The van der Waals surface area contributed by atoms with Crippen molar-refractivity contribution in [1.29, 1.82) is 5.26 Å². The second-order valence-corrected chi connectivity index (χ2v) is 7.38. The van der Waals surface area contributed by atoms with Crippen LogP contribution in [-0.4, -0.2) is 17.4 Å². The van der Waals surface area contributed by atoms with E-state index >= 15 is 0 Å². The van der Waals surface area contributed by atoms with Crippen molar-refractivity contribution in [3.63, 3.8) is 0 Å². The highest BCUT2D eigenvalue weighted by Crippen LogP contribution is 2.32. The van der Waals surface area contributed by atoms with E-state index in [0.717, 1.165) is 23.3 Å². The van der Waals surface area contributed by atoms with Crippen LogP contribution >= 0.6 is 0 Å². The van der Waals surface area contributed by atoms with Gasteiger partial charge in [-0.25, -0.2) is 4.98 Å². The number of fused-ring (bicyclic) bond motifs is 1. The zero-order valence-corrected chi connectivity index (χ0v) is 17.3.